The van der Waals surface area contributed by atoms with Gasteiger partial charge in [0.25, 0.3) is 11.6 Å². The van der Waals surface area contributed by atoms with Gasteiger partial charge in [-0.15, -0.1) is 0 Å². The first kappa shape index (κ1) is 22.8. The molecule has 0 aromatic heterocycles. The summed E-state index contributed by atoms with van der Waals surface area (Å²) < 4.78 is 36.4. The van der Waals surface area contributed by atoms with Crippen LogP contribution in [-0.2, 0) is 14.9 Å². The highest BCUT2D eigenvalue weighted by molar-refractivity contribution is 9.10. The molecule has 1 amide bonds. The lowest BCUT2D eigenvalue weighted by atomic mass is 10.2. The van der Waals surface area contributed by atoms with Crippen molar-refractivity contribution in [2.45, 2.75) is 11.8 Å². The topological polar surface area (TPSA) is 149 Å². The normalized spacial score (nSPS) is 15.1. The van der Waals surface area contributed by atoms with E-state index >= 15 is 0 Å². The van der Waals surface area contributed by atoms with Gasteiger partial charge < -0.3 is 14.2 Å². The number of non-ortho nitro benzene ring substituents is 1. The standard InChI is InChI=1S/C18H14BrN3O7S2/c1-2-28-14-8-10(9-15-17(23)21-18(20)30-15)7-13(19)16(14)29-31(26,27)12-5-3-11(4-6-12)22(24)25/h3-9H,2H2,1H3,(H2,20,21,23). The number of ether oxygens (including phenoxy) is 1. The molecular formula is C18H14BrN3O7S2. The SMILES string of the molecule is CCOc1cc(C=C2SC(=N)NC2=O)cc(Br)c1OS(=O)(=O)c1ccc([N+](=O)[O-])cc1. The number of hydrogen-bond donors (Lipinski definition) is 2. The summed E-state index contributed by atoms with van der Waals surface area (Å²) in [6, 6.07) is 7.30. The van der Waals surface area contributed by atoms with Crippen molar-refractivity contribution in [3.63, 3.8) is 0 Å². The highest BCUT2D eigenvalue weighted by atomic mass is 79.9. The van der Waals surface area contributed by atoms with E-state index in [4.69, 9.17) is 14.3 Å². The van der Waals surface area contributed by atoms with E-state index in [1.165, 1.54) is 18.2 Å². The van der Waals surface area contributed by atoms with E-state index < -0.39 is 20.9 Å². The summed E-state index contributed by atoms with van der Waals surface area (Å²) >= 11 is 4.22. The molecule has 1 aliphatic heterocycles. The van der Waals surface area contributed by atoms with Gasteiger partial charge in [-0.05, 0) is 70.5 Å². The highest BCUT2D eigenvalue weighted by Crippen LogP contribution is 2.40. The van der Waals surface area contributed by atoms with Crippen LogP contribution in [0.1, 0.15) is 12.5 Å². The second-order valence-electron chi connectivity index (χ2n) is 5.95. The molecule has 0 saturated carbocycles. The van der Waals surface area contributed by atoms with Crippen LogP contribution in [0.15, 0.2) is 50.7 Å². The number of amidine groups is 1. The molecule has 0 bridgehead atoms. The van der Waals surface area contributed by atoms with E-state index in [2.05, 4.69) is 21.2 Å². The van der Waals surface area contributed by atoms with Crippen molar-refractivity contribution in [3.05, 3.63) is 61.5 Å². The summed E-state index contributed by atoms with van der Waals surface area (Å²) in [5, 5.41) is 20.6. The fourth-order valence-electron chi connectivity index (χ4n) is 2.50. The van der Waals surface area contributed by atoms with Crippen molar-refractivity contribution in [2.75, 3.05) is 6.61 Å². The van der Waals surface area contributed by atoms with Gasteiger partial charge in [-0.1, -0.05) is 0 Å². The van der Waals surface area contributed by atoms with Gasteiger partial charge in [-0.25, -0.2) is 0 Å². The maximum absolute atomic E-state index is 12.7. The summed E-state index contributed by atoms with van der Waals surface area (Å²) in [6.07, 6.45) is 1.53. The van der Waals surface area contributed by atoms with Crippen LogP contribution in [-0.4, -0.2) is 31.0 Å². The number of nitrogens with zero attached hydrogens (tertiary/aromatic N) is 1. The third-order valence-corrected chi connectivity index (χ3v) is 6.48. The van der Waals surface area contributed by atoms with Gasteiger partial charge in [-0.2, -0.15) is 8.42 Å². The molecule has 0 atom stereocenters. The Balaban J connectivity index is 1.96. The van der Waals surface area contributed by atoms with Crippen LogP contribution in [0.3, 0.4) is 0 Å². The summed E-state index contributed by atoms with van der Waals surface area (Å²) in [5.41, 5.74) is 0.261. The van der Waals surface area contributed by atoms with Gasteiger partial charge in [0.15, 0.2) is 16.7 Å². The van der Waals surface area contributed by atoms with Gasteiger partial charge in [0.05, 0.1) is 20.9 Å². The molecule has 0 spiro atoms. The minimum absolute atomic E-state index is 0.00879. The number of hydrogen-bond acceptors (Lipinski definition) is 9. The van der Waals surface area contributed by atoms with E-state index in [0.29, 0.717) is 10.5 Å². The first-order valence-corrected chi connectivity index (χ1v) is 11.6. The number of thioether (sulfide) groups is 1. The van der Waals surface area contributed by atoms with Crippen LogP contribution in [0.4, 0.5) is 5.69 Å². The van der Waals surface area contributed by atoms with E-state index in [1.54, 1.807) is 6.92 Å². The van der Waals surface area contributed by atoms with Gasteiger partial charge in [0, 0.05) is 12.1 Å². The Morgan fingerprint density at radius 2 is 1.97 bits per heavy atom. The molecule has 31 heavy (non-hydrogen) atoms. The molecule has 2 aromatic rings. The van der Waals surface area contributed by atoms with Crippen molar-refractivity contribution in [1.29, 1.82) is 5.41 Å². The Hall–Kier alpha value is -2.90. The van der Waals surface area contributed by atoms with Crippen LogP contribution in [0, 0.1) is 15.5 Å². The Labute approximate surface area is 189 Å². The van der Waals surface area contributed by atoms with E-state index in [9.17, 15) is 23.3 Å². The number of nitro benzene ring substituents is 1. The average molecular weight is 528 g/mol. The molecule has 1 heterocycles. The summed E-state index contributed by atoms with van der Waals surface area (Å²) in [4.78, 5) is 22.0. The molecule has 10 nitrogen and oxygen atoms in total. The molecular weight excluding hydrogens is 514 g/mol. The van der Waals surface area contributed by atoms with Crippen LogP contribution in [0.25, 0.3) is 6.08 Å². The summed E-state index contributed by atoms with van der Waals surface area (Å²) in [5.74, 6) is -0.420. The number of nitrogens with one attached hydrogen (secondary N) is 2. The van der Waals surface area contributed by atoms with Crippen molar-refractivity contribution >= 4 is 60.6 Å². The van der Waals surface area contributed by atoms with E-state index in [-0.39, 0.29) is 38.3 Å². The van der Waals surface area contributed by atoms with Gasteiger partial charge in [0.2, 0.25) is 0 Å². The lowest BCUT2D eigenvalue weighted by molar-refractivity contribution is -0.384. The molecule has 1 fully saturated rings. The molecule has 0 unspecified atom stereocenters. The van der Waals surface area contributed by atoms with E-state index in [0.717, 1.165) is 36.0 Å². The second kappa shape index (κ2) is 9.08. The minimum atomic E-state index is -4.31. The maximum Gasteiger partial charge on any atom is 0.339 e. The summed E-state index contributed by atoms with van der Waals surface area (Å²) in [7, 11) is -4.31. The third kappa shape index (κ3) is 5.24. The number of halogens is 1. The van der Waals surface area contributed by atoms with Crippen LogP contribution < -0.4 is 14.2 Å². The zero-order valence-electron chi connectivity index (χ0n) is 15.7. The van der Waals surface area contributed by atoms with Crippen molar-refractivity contribution in [1.82, 2.24) is 5.32 Å². The molecule has 0 radical (unpaired) electrons. The van der Waals surface area contributed by atoms with Gasteiger partial charge in [0.1, 0.15) is 4.90 Å². The Morgan fingerprint density at radius 1 is 1.29 bits per heavy atom. The van der Waals surface area contributed by atoms with Crippen molar-refractivity contribution in [2.24, 2.45) is 0 Å². The van der Waals surface area contributed by atoms with Crippen LogP contribution in [0.5, 0.6) is 11.5 Å². The third-order valence-electron chi connectivity index (χ3n) is 3.82. The van der Waals surface area contributed by atoms with E-state index in [1.807, 2.05) is 0 Å². The number of benzene rings is 2. The molecule has 162 valence electrons. The fraction of sp³-hybridized carbons (Fsp3) is 0.111. The molecule has 2 aromatic carbocycles. The van der Waals surface area contributed by atoms with Crippen LogP contribution in [0.2, 0.25) is 0 Å². The lowest BCUT2D eigenvalue weighted by Gasteiger charge is -2.14. The largest absolute Gasteiger partial charge is 0.490 e. The Bertz CT molecular complexity index is 1210. The number of carbonyl (C=O) groups excluding carboxylic acids is 1. The lowest BCUT2D eigenvalue weighted by Crippen LogP contribution is -2.18. The number of nitro groups is 1. The monoisotopic (exact) mass is 527 g/mol. The zero-order chi connectivity index (χ0) is 22.8. The van der Waals surface area contributed by atoms with Crippen LogP contribution >= 0.6 is 27.7 Å². The number of amides is 1. The van der Waals surface area contributed by atoms with Gasteiger partial charge >= 0.3 is 10.1 Å². The Kier molecular flexibility index (Phi) is 6.67. The molecule has 2 N–H and O–H groups in total. The molecule has 1 saturated heterocycles. The second-order valence-corrected chi connectivity index (χ2v) is 9.40. The fourth-order valence-corrected chi connectivity index (χ4v) is 4.81. The first-order valence-electron chi connectivity index (χ1n) is 8.55. The molecule has 1 aliphatic rings. The summed E-state index contributed by atoms with van der Waals surface area (Å²) in [6.45, 7) is 1.91. The van der Waals surface area contributed by atoms with Gasteiger partial charge in [-0.3, -0.25) is 20.3 Å². The molecule has 3 rings (SSSR count). The van der Waals surface area contributed by atoms with Crippen molar-refractivity contribution in [3.8, 4) is 11.5 Å². The zero-order valence-corrected chi connectivity index (χ0v) is 19.0. The highest BCUT2D eigenvalue weighted by Gasteiger charge is 2.25. The molecule has 0 aliphatic carbocycles. The Morgan fingerprint density at radius 3 is 2.52 bits per heavy atom. The molecule has 13 heteroatoms. The minimum Gasteiger partial charge on any atom is -0.490 e. The average Bonchev–Trinajstić information content (AvgIpc) is 3.01. The number of rotatable bonds is 7. The number of carbonyl (C=O) groups is 1. The maximum atomic E-state index is 12.7. The van der Waals surface area contributed by atoms with Crippen molar-refractivity contribution < 1.29 is 27.1 Å². The quantitative estimate of drug-likeness (QED) is 0.239. The first-order chi connectivity index (χ1) is 14.6. The predicted octanol–water partition coefficient (Wildman–Crippen LogP) is 3.66. The predicted molar refractivity (Wildman–Crippen MR) is 118 cm³/mol. The smallest absolute Gasteiger partial charge is 0.339 e.